The second-order valence-electron chi connectivity index (χ2n) is 11.7. The lowest BCUT2D eigenvalue weighted by atomic mass is 9.46. The number of carbonyl (C=O) groups excluding carboxylic acids is 1. The molecule has 7 atom stereocenters. The van der Waals surface area contributed by atoms with Crippen LogP contribution in [-0.4, -0.2) is 23.9 Å². The van der Waals surface area contributed by atoms with Crippen LogP contribution in [0.25, 0.3) is 0 Å². The quantitative estimate of drug-likeness (QED) is 0.559. The largest absolute Gasteiger partial charge is 0.342 e. The molecule has 0 bridgehead atoms. The summed E-state index contributed by atoms with van der Waals surface area (Å²) < 4.78 is 0. The van der Waals surface area contributed by atoms with Crippen LogP contribution in [0.5, 0.6) is 0 Å². The lowest BCUT2D eigenvalue weighted by Crippen LogP contribution is -2.61. The number of hydrogen-bond acceptors (Lipinski definition) is 1. The molecule has 1 aromatic rings. The molecule has 1 amide bonds. The van der Waals surface area contributed by atoms with Crippen molar-refractivity contribution in [2.24, 2.45) is 34.5 Å². The van der Waals surface area contributed by atoms with E-state index in [1.165, 1.54) is 63.4 Å². The maximum Gasteiger partial charge on any atom is 0.222 e. The van der Waals surface area contributed by atoms with Crippen LogP contribution in [0.3, 0.4) is 0 Å². The molecule has 1 aliphatic heterocycles. The molecule has 30 heavy (non-hydrogen) atoms. The summed E-state index contributed by atoms with van der Waals surface area (Å²) in [7, 11) is 2.08. The van der Waals surface area contributed by atoms with Gasteiger partial charge in [0.25, 0.3) is 0 Å². The Morgan fingerprint density at radius 2 is 1.70 bits per heavy atom. The van der Waals surface area contributed by atoms with Gasteiger partial charge in [-0.25, -0.2) is 0 Å². The molecule has 3 aliphatic carbocycles. The van der Waals surface area contributed by atoms with Crippen molar-refractivity contribution in [3.8, 4) is 0 Å². The summed E-state index contributed by atoms with van der Waals surface area (Å²) in [6, 6.07) is 11.5. The Kier molecular flexibility index (Phi) is 5.27. The molecular weight excluding hydrogens is 366 g/mol. The number of likely N-dealkylation sites (tertiary alicyclic amines) is 1. The minimum atomic E-state index is 0.359. The second kappa shape index (κ2) is 7.68. The summed E-state index contributed by atoms with van der Waals surface area (Å²) in [5, 5.41) is 0. The van der Waals surface area contributed by atoms with Gasteiger partial charge >= 0.3 is 0 Å². The predicted octanol–water partition coefficient (Wildman–Crippen LogP) is 6.49. The zero-order valence-corrected chi connectivity index (χ0v) is 19.4. The minimum Gasteiger partial charge on any atom is -0.342 e. The summed E-state index contributed by atoms with van der Waals surface area (Å²) in [5.74, 6) is 3.99. The van der Waals surface area contributed by atoms with E-state index in [1.54, 1.807) is 0 Å². The number of piperidine rings is 1. The average molecular weight is 408 g/mol. The van der Waals surface area contributed by atoms with Crippen molar-refractivity contribution < 1.29 is 4.79 Å². The van der Waals surface area contributed by atoms with Crippen molar-refractivity contribution in [3.05, 3.63) is 35.9 Å². The Bertz CT molecular complexity index is 774. The van der Waals surface area contributed by atoms with Gasteiger partial charge in [-0.15, -0.1) is 0 Å². The number of amides is 1. The number of hydrogen-bond donors (Lipinski definition) is 0. The summed E-state index contributed by atoms with van der Waals surface area (Å²) in [4.78, 5) is 14.5. The first kappa shape index (κ1) is 20.6. The van der Waals surface area contributed by atoms with Crippen molar-refractivity contribution >= 4 is 5.91 Å². The Morgan fingerprint density at radius 3 is 2.50 bits per heavy atom. The highest BCUT2D eigenvalue weighted by Crippen LogP contribution is 2.66. The van der Waals surface area contributed by atoms with Crippen molar-refractivity contribution in [1.29, 1.82) is 0 Å². The van der Waals surface area contributed by atoms with E-state index in [4.69, 9.17) is 0 Å². The normalized spacial score (nSPS) is 43.1. The van der Waals surface area contributed by atoms with Gasteiger partial charge in [-0.05, 0) is 104 Å². The third-order valence-electron chi connectivity index (χ3n) is 10.6. The van der Waals surface area contributed by atoms with Crippen molar-refractivity contribution in [1.82, 2.24) is 4.90 Å². The second-order valence-corrected chi connectivity index (χ2v) is 11.7. The average Bonchev–Trinajstić information content (AvgIpc) is 3.08. The molecule has 5 rings (SSSR count). The minimum absolute atomic E-state index is 0.359. The monoisotopic (exact) mass is 407 g/mol. The van der Waals surface area contributed by atoms with Gasteiger partial charge < -0.3 is 4.90 Å². The third kappa shape index (κ3) is 3.16. The van der Waals surface area contributed by atoms with Gasteiger partial charge in [-0.2, -0.15) is 0 Å². The molecule has 3 saturated carbocycles. The molecule has 164 valence electrons. The van der Waals surface area contributed by atoms with Crippen molar-refractivity contribution in [3.63, 3.8) is 0 Å². The van der Waals surface area contributed by atoms with Crippen LogP contribution in [0.2, 0.25) is 0 Å². The summed E-state index contributed by atoms with van der Waals surface area (Å²) >= 11 is 0. The fraction of sp³-hybridized carbons (Fsp3) is 0.750. The van der Waals surface area contributed by atoms with E-state index in [2.05, 4.69) is 56.1 Å². The van der Waals surface area contributed by atoms with Gasteiger partial charge in [0, 0.05) is 19.5 Å². The number of fused-ring (bicyclic) bond motifs is 5. The standard InChI is InChI=1S/C28H41NO/c1-27-18-16-24-22(13-15-25-28(24,2)19-17-26(30)29(25)3)23(27)14-12-21(27)11-7-10-20-8-5-4-6-9-20/h4-6,8-9,21-25H,7,10-19H2,1-3H3/t21?,22?,23?,24?,25-,27?,28?/m1/s1. The highest BCUT2D eigenvalue weighted by Gasteiger charge is 2.60. The maximum atomic E-state index is 12.4. The van der Waals surface area contributed by atoms with Crippen molar-refractivity contribution in [2.45, 2.75) is 90.5 Å². The Balaban J connectivity index is 1.28. The van der Waals surface area contributed by atoms with E-state index >= 15 is 0 Å². The summed E-state index contributed by atoms with van der Waals surface area (Å²) in [6.07, 6.45) is 14.3. The zero-order valence-electron chi connectivity index (χ0n) is 19.4. The number of nitrogens with zero attached hydrogens (tertiary/aromatic N) is 1. The van der Waals surface area contributed by atoms with Gasteiger partial charge in [0.1, 0.15) is 0 Å². The van der Waals surface area contributed by atoms with Gasteiger partial charge in [0.05, 0.1) is 0 Å². The van der Waals surface area contributed by atoms with Crippen LogP contribution in [0, 0.1) is 34.5 Å². The molecule has 0 radical (unpaired) electrons. The first-order valence-corrected chi connectivity index (χ1v) is 12.7. The van der Waals surface area contributed by atoms with Crippen LogP contribution in [-0.2, 0) is 11.2 Å². The Morgan fingerprint density at radius 1 is 0.933 bits per heavy atom. The number of carbonyl (C=O) groups is 1. The van der Waals surface area contributed by atoms with E-state index < -0.39 is 0 Å². The van der Waals surface area contributed by atoms with Gasteiger partial charge in [-0.1, -0.05) is 44.2 Å². The fourth-order valence-corrected chi connectivity index (χ4v) is 8.93. The van der Waals surface area contributed by atoms with Crippen LogP contribution in [0.15, 0.2) is 30.3 Å². The fourth-order valence-electron chi connectivity index (χ4n) is 8.93. The molecule has 0 aromatic heterocycles. The summed E-state index contributed by atoms with van der Waals surface area (Å²) in [5.41, 5.74) is 2.43. The molecule has 0 N–H and O–H groups in total. The maximum absolute atomic E-state index is 12.4. The SMILES string of the molecule is CN1C(=O)CCC2(C)C3CCC4(C)C(CCCc5ccccc5)CCC4C3CC[C@@H]12. The molecule has 1 saturated heterocycles. The Labute approximate surface area is 183 Å². The van der Waals surface area contributed by atoms with Crippen LogP contribution in [0.4, 0.5) is 0 Å². The summed E-state index contributed by atoms with van der Waals surface area (Å²) in [6.45, 7) is 5.21. The van der Waals surface area contributed by atoms with Crippen LogP contribution >= 0.6 is 0 Å². The van der Waals surface area contributed by atoms with E-state index in [0.29, 0.717) is 22.8 Å². The van der Waals surface area contributed by atoms with E-state index in [9.17, 15) is 4.79 Å². The van der Waals surface area contributed by atoms with Crippen molar-refractivity contribution in [2.75, 3.05) is 7.05 Å². The number of aryl methyl sites for hydroxylation is 1. The first-order chi connectivity index (χ1) is 14.4. The molecule has 1 aromatic carbocycles. The lowest BCUT2D eigenvalue weighted by Gasteiger charge is -2.62. The molecule has 2 heteroatoms. The molecule has 0 spiro atoms. The predicted molar refractivity (Wildman–Crippen MR) is 123 cm³/mol. The van der Waals surface area contributed by atoms with E-state index in [0.717, 1.165) is 36.5 Å². The molecule has 4 aliphatic rings. The van der Waals surface area contributed by atoms with Gasteiger partial charge in [0.2, 0.25) is 5.91 Å². The molecule has 2 nitrogen and oxygen atoms in total. The lowest BCUT2D eigenvalue weighted by molar-refractivity contribution is -0.158. The molecular formula is C28H41NO. The molecule has 4 fully saturated rings. The van der Waals surface area contributed by atoms with Crippen LogP contribution in [0.1, 0.15) is 83.6 Å². The molecule has 1 heterocycles. The number of benzene rings is 1. The Hall–Kier alpha value is -1.31. The smallest absolute Gasteiger partial charge is 0.222 e. The molecule has 6 unspecified atom stereocenters. The first-order valence-electron chi connectivity index (χ1n) is 12.7. The number of rotatable bonds is 4. The van der Waals surface area contributed by atoms with Gasteiger partial charge in [0.15, 0.2) is 0 Å². The topological polar surface area (TPSA) is 20.3 Å². The highest BCUT2D eigenvalue weighted by molar-refractivity contribution is 5.77. The zero-order chi connectivity index (χ0) is 20.9. The highest BCUT2D eigenvalue weighted by atomic mass is 16.2. The van der Waals surface area contributed by atoms with Crippen LogP contribution < -0.4 is 0 Å². The van der Waals surface area contributed by atoms with Gasteiger partial charge in [-0.3, -0.25) is 4.79 Å². The third-order valence-corrected chi connectivity index (χ3v) is 10.6. The van der Waals surface area contributed by atoms with E-state index in [-0.39, 0.29) is 0 Å². The van der Waals surface area contributed by atoms with E-state index in [1.807, 2.05) is 0 Å².